The Hall–Kier alpha value is -0.940. The summed E-state index contributed by atoms with van der Waals surface area (Å²) in [6, 6.07) is 9.51. The van der Waals surface area contributed by atoms with Crippen molar-refractivity contribution < 1.29 is 0 Å². The third-order valence-corrected chi connectivity index (χ3v) is 5.87. The molecule has 2 aliphatic rings. The highest BCUT2D eigenvalue weighted by Gasteiger charge is 2.24. The molecule has 2 heteroatoms. The molecule has 0 amide bonds. The first kappa shape index (κ1) is 13.1. The number of fused-ring (bicyclic) bond motifs is 1. The van der Waals surface area contributed by atoms with E-state index in [0.29, 0.717) is 5.25 Å². The van der Waals surface area contributed by atoms with E-state index in [9.17, 15) is 5.26 Å². The minimum Gasteiger partial charge on any atom is -0.198 e. The van der Waals surface area contributed by atoms with E-state index in [2.05, 4.69) is 24.3 Å². The van der Waals surface area contributed by atoms with Gasteiger partial charge in [-0.1, -0.05) is 25.3 Å². The Labute approximate surface area is 120 Å². The fraction of sp³-hybridized carbons (Fsp3) is 0.588. The van der Waals surface area contributed by atoms with Crippen LogP contribution in [0.1, 0.15) is 49.7 Å². The predicted octanol–water partition coefficient (Wildman–Crippen LogP) is 4.74. The summed E-state index contributed by atoms with van der Waals surface area (Å²) in [6.07, 6.45) is 9.95. The fourth-order valence-electron chi connectivity index (χ4n) is 3.36. The lowest BCUT2D eigenvalue weighted by molar-refractivity contribution is 0.585. The van der Waals surface area contributed by atoms with Gasteiger partial charge in [0, 0.05) is 10.1 Å². The van der Waals surface area contributed by atoms with Gasteiger partial charge in [0.1, 0.15) is 0 Å². The van der Waals surface area contributed by atoms with Gasteiger partial charge in [0.15, 0.2) is 0 Å². The highest BCUT2D eigenvalue weighted by atomic mass is 32.2. The third kappa shape index (κ3) is 2.98. The van der Waals surface area contributed by atoms with Crippen molar-refractivity contribution in [3.8, 4) is 6.07 Å². The molecule has 1 aromatic carbocycles. The number of nitrogens with zero attached hydrogens (tertiary/aromatic N) is 1. The van der Waals surface area contributed by atoms with Crippen LogP contribution in [0.4, 0.5) is 0 Å². The first-order chi connectivity index (χ1) is 9.36. The minimum atomic E-state index is 0.251. The SMILES string of the molecule is N#CC1CCCCCC1Sc1ccc2c(c1)CCC2. The van der Waals surface area contributed by atoms with Crippen molar-refractivity contribution in [3.05, 3.63) is 29.3 Å². The Morgan fingerprint density at radius 3 is 2.74 bits per heavy atom. The van der Waals surface area contributed by atoms with Crippen LogP contribution < -0.4 is 0 Å². The molecule has 1 fully saturated rings. The Bertz CT molecular complexity index is 489. The maximum Gasteiger partial charge on any atom is 0.0667 e. The first-order valence-electron chi connectivity index (χ1n) is 7.55. The van der Waals surface area contributed by atoms with Gasteiger partial charge in [0.25, 0.3) is 0 Å². The van der Waals surface area contributed by atoms with E-state index in [-0.39, 0.29) is 5.92 Å². The minimum absolute atomic E-state index is 0.251. The van der Waals surface area contributed by atoms with Gasteiger partial charge < -0.3 is 0 Å². The van der Waals surface area contributed by atoms with Gasteiger partial charge in [-0.05, 0) is 55.4 Å². The molecule has 1 aromatic rings. The summed E-state index contributed by atoms with van der Waals surface area (Å²) < 4.78 is 0. The second-order valence-corrected chi connectivity index (χ2v) is 7.13. The highest BCUT2D eigenvalue weighted by molar-refractivity contribution is 8.00. The van der Waals surface area contributed by atoms with Gasteiger partial charge >= 0.3 is 0 Å². The number of rotatable bonds is 2. The number of thioether (sulfide) groups is 1. The second kappa shape index (κ2) is 6.01. The molecule has 0 aliphatic heterocycles. The van der Waals surface area contributed by atoms with E-state index in [4.69, 9.17) is 0 Å². The van der Waals surface area contributed by atoms with Crippen LogP contribution in [0.2, 0.25) is 0 Å². The molecular weight excluding hydrogens is 250 g/mol. The summed E-state index contributed by atoms with van der Waals surface area (Å²) >= 11 is 1.95. The van der Waals surface area contributed by atoms with Crippen LogP contribution in [-0.4, -0.2) is 5.25 Å². The monoisotopic (exact) mass is 271 g/mol. The summed E-state index contributed by atoms with van der Waals surface area (Å²) in [7, 11) is 0. The van der Waals surface area contributed by atoms with E-state index < -0.39 is 0 Å². The molecule has 100 valence electrons. The van der Waals surface area contributed by atoms with E-state index in [1.807, 2.05) is 11.8 Å². The zero-order chi connectivity index (χ0) is 13.1. The second-order valence-electron chi connectivity index (χ2n) is 5.81. The summed E-state index contributed by atoms with van der Waals surface area (Å²) in [6.45, 7) is 0. The van der Waals surface area contributed by atoms with Gasteiger partial charge in [-0.25, -0.2) is 0 Å². The number of nitriles is 1. The fourth-order valence-corrected chi connectivity index (χ4v) is 4.71. The van der Waals surface area contributed by atoms with Crippen LogP contribution in [-0.2, 0) is 12.8 Å². The van der Waals surface area contributed by atoms with Crippen molar-refractivity contribution in [3.63, 3.8) is 0 Å². The zero-order valence-electron chi connectivity index (χ0n) is 11.4. The quantitative estimate of drug-likeness (QED) is 0.725. The van der Waals surface area contributed by atoms with Crippen molar-refractivity contribution in [2.45, 2.75) is 61.5 Å². The molecule has 0 N–H and O–H groups in total. The lowest BCUT2D eigenvalue weighted by Crippen LogP contribution is -2.13. The Balaban J connectivity index is 1.74. The van der Waals surface area contributed by atoms with Gasteiger partial charge in [-0.2, -0.15) is 5.26 Å². The van der Waals surface area contributed by atoms with Crippen molar-refractivity contribution >= 4 is 11.8 Å². The molecule has 2 atom stereocenters. The predicted molar refractivity (Wildman–Crippen MR) is 80.3 cm³/mol. The molecule has 0 heterocycles. The van der Waals surface area contributed by atoms with E-state index in [1.165, 1.54) is 49.8 Å². The summed E-state index contributed by atoms with van der Waals surface area (Å²) in [5.41, 5.74) is 3.09. The van der Waals surface area contributed by atoms with Crippen molar-refractivity contribution in [2.24, 2.45) is 5.92 Å². The van der Waals surface area contributed by atoms with Gasteiger partial charge in [-0.3, -0.25) is 0 Å². The average molecular weight is 271 g/mol. The maximum atomic E-state index is 9.36. The van der Waals surface area contributed by atoms with Crippen molar-refractivity contribution in [2.75, 3.05) is 0 Å². The van der Waals surface area contributed by atoms with Crippen LogP contribution in [0, 0.1) is 17.2 Å². The van der Waals surface area contributed by atoms with Gasteiger partial charge in [-0.15, -0.1) is 11.8 Å². The normalized spacial score (nSPS) is 26.5. The molecule has 2 unspecified atom stereocenters. The van der Waals surface area contributed by atoms with Gasteiger partial charge in [0.2, 0.25) is 0 Å². The van der Waals surface area contributed by atoms with Crippen LogP contribution in [0.15, 0.2) is 23.1 Å². The average Bonchev–Trinajstić information content (AvgIpc) is 2.78. The molecule has 1 saturated carbocycles. The lowest BCUT2D eigenvalue weighted by atomic mass is 10.0. The molecule has 3 rings (SSSR count). The van der Waals surface area contributed by atoms with E-state index >= 15 is 0 Å². The maximum absolute atomic E-state index is 9.36. The number of hydrogen-bond donors (Lipinski definition) is 0. The number of benzene rings is 1. The summed E-state index contributed by atoms with van der Waals surface area (Å²) in [5.74, 6) is 0.251. The van der Waals surface area contributed by atoms with Crippen LogP contribution in [0.25, 0.3) is 0 Å². The van der Waals surface area contributed by atoms with E-state index in [1.54, 1.807) is 11.1 Å². The molecular formula is C17H21NS. The Morgan fingerprint density at radius 2 is 1.84 bits per heavy atom. The van der Waals surface area contributed by atoms with Crippen LogP contribution in [0.3, 0.4) is 0 Å². The van der Waals surface area contributed by atoms with Gasteiger partial charge in [0.05, 0.1) is 12.0 Å². The topological polar surface area (TPSA) is 23.8 Å². The Kier molecular flexibility index (Phi) is 4.13. The van der Waals surface area contributed by atoms with Crippen molar-refractivity contribution in [1.29, 1.82) is 5.26 Å². The molecule has 0 spiro atoms. The lowest BCUT2D eigenvalue weighted by Gasteiger charge is -2.19. The smallest absolute Gasteiger partial charge is 0.0667 e. The molecule has 19 heavy (non-hydrogen) atoms. The largest absolute Gasteiger partial charge is 0.198 e. The molecule has 0 aromatic heterocycles. The highest BCUT2D eigenvalue weighted by Crippen LogP contribution is 2.37. The Morgan fingerprint density at radius 1 is 1.00 bits per heavy atom. The first-order valence-corrected chi connectivity index (χ1v) is 8.43. The molecule has 1 nitrogen and oxygen atoms in total. The van der Waals surface area contributed by atoms with E-state index in [0.717, 1.165) is 6.42 Å². The number of hydrogen-bond acceptors (Lipinski definition) is 2. The third-order valence-electron chi connectivity index (χ3n) is 4.48. The molecule has 0 saturated heterocycles. The van der Waals surface area contributed by atoms with Crippen molar-refractivity contribution in [1.82, 2.24) is 0 Å². The van der Waals surface area contributed by atoms with Crippen LogP contribution >= 0.6 is 11.8 Å². The zero-order valence-corrected chi connectivity index (χ0v) is 12.2. The standard InChI is InChI=1S/C17H21NS/c18-12-15-5-2-1-3-8-17(15)19-16-10-9-13-6-4-7-14(13)11-16/h9-11,15,17H,1-8H2. The number of aryl methyl sites for hydroxylation is 2. The molecule has 0 bridgehead atoms. The summed E-state index contributed by atoms with van der Waals surface area (Å²) in [4.78, 5) is 1.38. The molecule has 0 radical (unpaired) electrons. The van der Waals surface area contributed by atoms with Crippen LogP contribution in [0.5, 0.6) is 0 Å². The molecule has 2 aliphatic carbocycles. The summed E-state index contributed by atoms with van der Waals surface area (Å²) in [5, 5.41) is 9.86.